The van der Waals surface area contributed by atoms with Gasteiger partial charge in [-0.15, -0.1) is 0 Å². The Morgan fingerprint density at radius 2 is 1.79 bits per heavy atom. The van der Waals surface area contributed by atoms with Crippen LogP contribution < -0.4 is 4.72 Å². The highest BCUT2D eigenvalue weighted by Crippen LogP contribution is 2.29. The number of rotatable bonds is 4. The topological polar surface area (TPSA) is 74.8 Å². The van der Waals surface area contributed by atoms with Gasteiger partial charge in [0.15, 0.2) is 5.82 Å². The number of aryl methyl sites for hydroxylation is 1. The molecule has 0 aliphatic heterocycles. The molecule has 0 amide bonds. The Balaban J connectivity index is 1.95. The Hall–Kier alpha value is -2.12. The molecule has 5 nitrogen and oxygen atoms in total. The second-order valence-electron chi connectivity index (χ2n) is 5.48. The molecule has 3 rings (SSSR count). The minimum absolute atomic E-state index is 0.178. The third kappa shape index (κ3) is 3.22. The molecule has 0 aliphatic carbocycles. The number of nitrogens with one attached hydrogen (secondary N) is 2. The van der Waals surface area contributed by atoms with Crippen molar-refractivity contribution in [2.24, 2.45) is 0 Å². The first kappa shape index (κ1) is 16.7. The minimum atomic E-state index is -3.73. The molecule has 7 heteroatoms. The smallest absolute Gasteiger partial charge is 0.264 e. The van der Waals surface area contributed by atoms with E-state index in [1.807, 2.05) is 44.2 Å². The van der Waals surface area contributed by atoms with Crippen molar-refractivity contribution in [1.82, 2.24) is 10.2 Å². The van der Waals surface area contributed by atoms with Crippen LogP contribution in [0.1, 0.15) is 11.1 Å². The van der Waals surface area contributed by atoms with E-state index in [9.17, 15) is 8.42 Å². The Morgan fingerprint density at radius 1 is 1.08 bits per heavy atom. The van der Waals surface area contributed by atoms with Crippen LogP contribution >= 0.6 is 15.9 Å². The first-order chi connectivity index (χ1) is 11.4. The summed E-state index contributed by atoms with van der Waals surface area (Å²) in [4.78, 5) is 0.178. The predicted molar refractivity (Wildman–Crippen MR) is 98.4 cm³/mol. The average molecular weight is 406 g/mol. The molecule has 0 bridgehead atoms. The van der Waals surface area contributed by atoms with Gasteiger partial charge < -0.3 is 0 Å². The van der Waals surface area contributed by atoms with Gasteiger partial charge in [0.1, 0.15) is 4.90 Å². The summed E-state index contributed by atoms with van der Waals surface area (Å²) in [6.07, 6.45) is 0. The van der Waals surface area contributed by atoms with Crippen molar-refractivity contribution in [3.8, 4) is 11.3 Å². The zero-order valence-corrected chi connectivity index (χ0v) is 15.6. The van der Waals surface area contributed by atoms with E-state index < -0.39 is 10.0 Å². The first-order valence-corrected chi connectivity index (χ1v) is 9.55. The lowest BCUT2D eigenvalue weighted by molar-refractivity contribution is 0.600. The van der Waals surface area contributed by atoms with Crippen LogP contribution in [0.4, 0.5) is 5.82 Å². The predicted octanol–water partition coefficient (Wildman–Crippen LogP) is 4.26. The summed E-state index contributed by atoms with van der Waals surface area (Å²) in [6, 6.07) is 14.7. The highest BCUT2D eigenvalue weighted by molar-refractivity contribution is 9.10. The lowest BCUT2D eigenvalue weighted by atomic mass is 10.1. The van der Waals surface area contributed by atoms with Gasteiger partial charge >= 0.3 is 0 Å². The molecule has 2 N–H and O–H groups in total. The van der Waals surface area contributed by atoms with E-state index in [1.54, 1.807) is 18.2 Å². The van der Waals surface area contributed by atoms with Crippen molar-refractivity contribution in [3.63, 3.8) is 0 Å². The van der Waals surface area contributed by atoms with Crippen molar-refractivity contribution in [2.45, 2.75) is 18.7 Å². The van der Waals surface area contributed by atoms with Crippen LogP contribution in [-0.4, -0.2) is 18.6 Å². The molecule has 0 aliphatic rings. The second kappa shape index (κ2) is 6.41. The minimum Gasteiger partial charge on any atom is -0.275 e. The standard InChI is InChI=1S/C17H16BrN3O2S/c1-11-8-9-15(14(18)10-11)24(22,23)21-17-12(2)16(19-20-17)13-6-4-3-5-7-13/h3-10H,1-2H3,(H2,19,20,21). The molecule has 0 saturated carbocycles. The van der Waals surface area contributed by atoms with Crippen LogP contribution in [0.3, 0.4) is 0 Å². The van der Waals surface area contributed by atoms with Gasteiger partial charge in [0, 0.05) is 10.0 Å². The van der Waals surface area contributed by atoms with Gasteiger partial charge in [-0.3, -0.25) is 9.82 Å². The molecule has 124 valence electrons. The van der Waals surface area contributed by atoms with Gasteiger partial charge in [0.2, 0.25) is 0 Å². The van der Waals surface area contributed by atoms with E-state index in [-0.39, 0.29) is 4.90 Å². The fourth-order valence-corrected chi connectivity index (χ4v) is 4.65. The fourth-order valence-electron chi connectivity index (χ4n) is 2.39. The molecule has 2 aromatic carbocycles. The molecule has 0 spiro atoms. The number of H-pyrrole nitrogens is 1. The van der Waals surface area contributed by atoms with Gasteiger partial charge in [-0.05, 0) is 53.0 Å². The maximum Gasteiger partial charge on any atom is 0.264 e. The molecule has 0 unspecified atom stereocenters. The summed E-state index contributed by atoms with van der Waals surface area (Å²) in [7, 11) is -3.73. The van der Waals surface area contributed by atoms with E-state index in [0.717, 1.165) is 22.4 Å². The number of nitrogens with zero attached hydrogens (tertiary/aromatic N) is 1. The van der Waals surface area contributed by atoms with Crippen molar-refractivity contribution >= 4 is 31.8 Å². The molecule has 1 heterocycles. The van der Waals surface area contributed by atoms with Crippen molar-refractivity contribution in [1.29, 1.82) is 0 Å². The first-order valence-electron chi connectivity index (χ1n) is 7.28. The largest absolute Gasteiger partial charge is 0.275 e. The summed E-state index contributed by atoms with van der Waals surface area (Å²) in [5.41, 5.74) is 3.46. The van der Waals surface area contributed by atoms with E-state index in [1.165, 1.54) is 0 Å². The van der Waals surface area contributed by atoms with Crippen LogP contribution in [0.15, 0.2) is 57.9 Å². The van der Waals surface area contributed by atoms with Crippen molar-refractivity contribution in [2.75, 3.05) is 4.72 Å². The Bertz CT molecular complexity index is 982. The molecule has 0 fully saturated rings. The number of hydrogen-bond donors (Lipinski definition) is 2. The number of anilines is 1. The molecule has 0 atom stereocenters. The fraction of sp³-hybridized carbons (Fsp3) is 0.118. The van der Waals surface area contributed by atoms with Crippen molar-refractivity contribution in [3.05, 3.63) is 64.1 Å². The van der Waals surface area contributed by atoms with Crippen LogP contribution in [0.2, 0.25) is 0 Å². The lowest BCUT2D eigenvalue weighted by Crippen LogP contribution is -2.14. The van der Waals surface area contributed by atoms with Crippen LogP contribution in [0.25, 0.3) is 11.3 Å². The average Bonchev–Trinajstić information content (AvgIpc) is 2.88. The normalized spacial score (nSPS) is 11.5. The highest BCUT2D eigenvalue weighted by atomic mass is 79.9. The summed E-state index contributed by atoms with van der Waals surface area (Å²) in [5, 5.41) is 7.02. The Morgan fingerprint density at radius 3 is 2.46 bits per heavy atom. The zero-order chi connectivity index (χ0) is 17.3. The molecular weight excluding hydrogens is 390 g/mol. The van der Waals surface area contributed by atoms with Gasteiger partial charge in [-0.2, -0.15) is 5.10 Å². The number of aromatic amines is 1. The monoisotopic (exact) mass is 405 g/mol. The third-order valence-corrected chi connectivity index (χ3v) is 6.00. The van der Waals surface area contributed by atoms with Gasteiger partial charge in [0.05, 0.1) is 5.69 Å². The maximum atomic E-state index is 12.6. The molecule has 3 aromatic rings. The van der Waals surface area contributed by atoms with E-state index in [4.69, 9.17) is 0 Å². The quantitative estimate of drug-likeness (QED) is 0.680. The number of aromatic nitrogens is 2. The molecule has 0 radical (unpaired) electrons. The summed E-state index contributed by atoms with van der Waals surface area (Å²) >= 11 is 3.31. The SMILES string of the molecule is Cc1ccc(S(=O)(=O)Nc2n[nH]c(-c3ccccc3)c2C)c(Br)c1. The molecular formula is C17H16BrN3O2S. The van der Waals surface area contributed by atoms with Crippen LogP contribution in [-0.2, 0) is 10.0 Å². The third-order valence-electron chi connectivity index (χ3n) is 3.68. The van der Waals surface area contributed by atoms with Crippen LogP contribution in [0.5, 0.6) is 0 Å². The van der Waals surface area contributed by atoms with E-state index in [2.05, 4.69) is 30.8 Å². The summed E-state index contributed by atoms with van der Waals surface area (Å²) in [6.45, 7) is 3.73. The lowest BCUT2D eigenvalue weighted by Gasteiger charge is -2.09. The van der Waals surface area contributed by atoms with Gasteiger partial charge in [0.25, 0.3) is 10.0 Å². The Kier molecular flexibility index (Phi) is 4.47. The maximum absolute atomic E-state index is 12.6. The van der Waals surface area contributed by atoms with Gasteiger partial charge in [-0.1, -0.05) is 36.4 Å². The second-order valence-corrected chi connectivity index (χ2v) is 7.98. The number of benzene rings is 2. The molecule has 24 heavy (non-hydrogen) atoms. The van der Waals surface area contributed by atoms with E-state index in [0.29, 0.717) is 10.3 Å². The molecule has 1 aromatic heterocycles. The zero-order valence-electron chi connectivity index (χ0n) is 13.2. The number of sulfonamides is 1. The van der Waals surface area contributed by atoms with Gasteiger partial charge in [-0.25, -0.2) is 8.42 Å². The number of halogens is 1. The molecule has 0 saturated heterocycles. The van der Waals surface area contributed by atoms with Crippen LogP contribution in [0, 0.1) is 13.8 Å². The Labute approximate surface area is 149 Å². The summed E-state index contributed by atoms with van der Waals surface area (Å²) in [5.74, 6) is 0.293. The number of hydrogen-bond acceptors (Lipinski definition) is 3. The van der Waals surface area contributed by atoms with Crippen molar-refractivity contribution < 1.29 is 8.42 Å². The summed E-state index contributed by atoms with van der Waals surface area (Å²) < 4.78 is 28.3. The highest BCUT2D eigenvalue weighted by Gasteiger charge is 2.21. The van der Waals surface area contributed by atoms with E-state index >= 15 is 0 Å².